The van der Waals surface area contributed by atoms with E-state index < -0.39 is 9.84 Å². The number of benzene rings is 2. The summed E-state index contributed by atoms with van der Waals surface area (Å²) in [6, 6.07) is 12.5. The molecule has 0 aliphatic carbocycles. The minimum absolute atomic E-state index is 0.0209. The van der Waals surface area contributed by atoms with E-state index in [4.69, 9.17) is 5.73 Å². The molecule has 0 radical (unpaired) electrons. The van der Waals surface area contributed by atoms with Crippen LogP contribution in [-0.4, -0.2) is 8.42 Å². The number of hydrogen-bond acceptors (Lipinski definition) is 3. The second kappa shape index (κ2) is 5.05. The quantitative estimate of drug-likeness (QED) is 0.876. The molecule has 0 aliphatic heterocycles. The van der Waals surface area contributed by atoms with Gasteiger partial charge in [0.25, 0.3) is 0 Å². The molecule has 2 N–H and O–H groups in total. The second-order valence-corrected chi connectivity index (χ2v) is 6.68. The lowest BCUT2D eigenvalue weighted by molar-refractivity contribution is 0.595. The van der Waals surface area contributed by atoms with Crippen LogP contribution in [0.1, 0.15) is 16.7 Å². The fourth-order valence-electron chi connectivity index (χ4n) is 2.01. The fourth-order valence-corrected chi connectivity index (χ4v) is 3.59. The van der Waals surface area contributed by atoms with Gasteiger partial charge in [-0.2, -0.15) is 0 Å². The van der Waals surface area contributed by atoms with E-state index in [1.165, 1.54) is 0 Å². The molecule has 0 unspecified atom stereocenters. The molecular weight excluding hydrogens is 258 g/mol. The van der Waals surface area contributed by atoms with Crippen molar-refractivity contribution in [3.8, 4) is 0 Å². The molecule has 0 atom stereocenters. The smallest absolute Gasteiger partial charge is 0.184 e. The number of rotatable bonds is 3. The number of sulfone groups is 1. The summed E-state index contributed by atoms with van der Waals surface area (Å²) < 4.78 is 24.8. The van der Waals surface area contributed by atoms with Crippen molar-refractivity contribution in [1.29, 1.82) is 0 Å². The Morgan fingerprint density at radius 1 is 1.05 bits per heavy atom. The van der Waals surface area contributed by atoms with Crippen molar-refractivity contribution < 1.29 is 8.42 Å². The van der Waals surface area contributed by atoms with E-state index in [1.54, 1.807) is 18.2 Å². The van der Waals surface area contributed by atoms with Crippen LogP contribution < -0.4 is 5.73 Å². The van der Waals surface area contributed by atoms with Crippen molar-refractivity contribution in [2.24, 2.45) is 0 Å². The molecule has 0 heterocycles. The van der Waals surface area contributed by atoms with Gasteiger partial charge in [-0.15, -0.1) is 0 Å². The van der Waals surface area contributed by atoms with E-state index in [-0.39, 0.29) is 10.6 Å². The standard InChI is InChI=1S/C15H17NO2S/c1-11-7-8-15(14(16)9-11)19(17,18)10-13-6-4-3-5-12(13)2/h3-9H,10,16H2,1-2H3. The van der Waals surface area contributed by atoms with Gasteiger partial charge in [-0.25, -0.2) is 8.42 Å². The van der Waals surface area contributed by atoms with Crippen LogP contribution in [0.3, 0.4) is 0 Å². The third kappa shape index (κ3) is 2.96. The lowest BCUT2D eigenvalue weighted by Gasteiger charge is -2.10. The van der Waals surface area contributed by atoms with E-state index in [1.807, 2.05) is 38.1 Å². The van der Waals surface area contributed by atoms with Gasteiger partial charge in [0.2, 0.25) is 0 Å². The summed E-state index contributed by atoms with van der Waals surface area (Å²) in [7, 11) is -3.41. The van der Waals surface area contributed by atoms with Crippen molar-refractivity contribution in [1.82, 2.24) is 0 Å². The lowest BCUT2D eigenvalue weighted by Crippen LogP contribution is -2.09. The van der Waals surface area contributed by atoms with Gasteiger partial charge in [0.05, 0.1) is 16.3 Å². The molecular formula is C15H17NO2S. The maximum absolute atomic E-state index is 12.4. The van der Waals surface area contributed by atoms with Crippen LogP contribution >= 0.6 is 0 Å². The number of anilines is 1. The first-order chi connectivity index (χ1) is 8.90. The highest BCUT2D eigenvalue weighted by Gasteiger charge is 2.19. The van der Waals surface area contributed by atoms with Crippen molar-refractivity contribution in [2.75, 3.05) is 5.73 Å². The van der Waals surface area contributed by atoms with Gasteiger partial charge >= 0.3 is 0 Å². The molecule has 0 aromatic heterocycles. The van der Waals surface area contributed by atoms with Gasteiger partial charge in [-0.1, -0.05) is 30.3 Å². The van der Waals surface area contributed by atoms with Crippen molar-refractivity contribution in [3.63, 3.8) is 0 Å². The molecule has 100 valence electrons. The molecule has 2 rings (SSSR count). The van der Waals surface area contributed by atoms with Gasteiger partial charge < -0.3 is 5.73 Å². The van der Waals surface area contributed by atoms with Crippen molar-refractivity contribution in [3.05, 3.63) is 59.2 Å². The summed E-state index contributed by atoms with van der Waals surface area (Å²) >= 11 is 0. The Kier molecular flexibility index (Phi) is 3.62. The zero-order valence-corrected chi connectivity index (χ0v) is 11.9. The Bertz CT molecular complexity index is 706. The Morgan fingerprint density at radius 2 is 1.74 bits per heavy atom. The molecule has 4 heteroatoms. The third-order valence-corrected chi connectivity index (χ3v) is 4.84. The van der Waals surface area contributed by atoms with Gasteiger partial charge in [0.1, 0.15) is 0 Å². The average molecular weight is 275 g/mol. The van der Waals surface area contributed by atoms with E-state index in [0.717, 1.165) is 16.7 Å². The monoisotopic (exact) mass is 275 g/mol. The normalized spacial score (nSPS) is 11.5. The van der Waals surface area contributed by atoms with E-state index >= 15 is 0 Å². The van der Waals surface area contributed by atoms with Crippen molar-refractivity contribution in [2.45, 2.75) is 24.5 Å². The number of hydrogen-bond donors (Lipinski definition) is 1. The van der Waals surface area contributed by atoms with Gasteiger partial charge in [0.15, 0.2) is 9.84 Å². The highest BCUT2D eigenvalue weighted by molar-refractivity contribution is 7.90. The highest BCUT2D eigenvalue weighted by Crippen LogP contribution is 2.24. The minimum Gasteiger partial charge on any atom is -0.398 e. The Morgan fingerprint density at radius 3 is 2.37 bits per heavy atom. The number of nitrogen functional groups attached to an aromatic ring is 1. The third-order valence-electron chi connectivity index (χ3n) is 3.11. The van der Waals surface area contributed by atoms with Crippen LogP contribution in [0.2, 0.25) is 0 Å². The topological polar surface area (TPSA) is 60.2 Å². The first-order valence-electron chi connectivity index (χ1n) is 6.03. The van der Waals surface area contributed by atoms with Crippen molar-refractivity contribution >= 4 is 15.5 Å². The van der Waals surface area contributed by atoms with Crippen LogP contribution in [0.5, 0.6) is 0 Å². The van der Waals surface area contributed by atoms with Crippen LogP contribution in [0, 0.1) is 13.8 Å². The summed E-state index contributed by atoms with van der Waals surface area (Å²) in [6.07, 6.45) is 0. The van der Waals surface area contributed by atoms with Crippen LogP contribution in [0.4, 0.5) is 5.69 Å². The fraction of sp³-hybridized carbons (Fsp3) is 0.200. The Balaban J connectivity index is 2.41. The van der Waals surface area contributed by atoms with E-state index in [0.29, 0.717) is 5.69 Å². The molecule has 0 saturated heterocycles. The summed E-state index contributed by atoms with van der Waals surface area (Å²) in [5.74, 6) is -0.0209. The van der Waals surface area contributed by atoms with E-state index in [2.05, 4.69) is 0 Å². The summed E-state index contributed by atoms with van der Waals surface area (Å²) in [4.78, 5) is 0.210. The second-order valence-electron chi connectivity index (χ2n) is 4.73. The number of nitrogens with two attached hydrogens (primary N) is 1. The molecule has 0 amide bonds. The molecule has 0 aliphatic rings. The molecule has 0 bridgehead atoms. The number of aryl methyl sites for hydroxylation is 2. The SMILES string of the molecule is Cc1ccc(S(=O)(=O)Cc2ccccc2C)c(N)c1. The Labute approximate surface area is 114 Å². The predicted octanol–water partition coefficient (Wildman–Crippen LogP) is 2.86. The lowest BCUT2D eigenvalue weighted by atomic mass is 10.1. The summed E-state index contributed by atoms with van der Waals surface area (Å²) in [5.41, 5.74) is 8.86. The first-order valence-corrected chi connectivity index (χ1v) is 7.69. The molecule has 2 aromatic carbocycles. The summed E-state index contributed by atoms with van der Waals surface area (Å²) in [6.45, 7) is 3.79. The minimum atomic E-state index is -3.41. The zero-order valence-electron chi connectivity index (χ0n) is 11.1. The summed E-state index contributed by atoms with van der Waals surface area (Å²) in [5, 5.41) is 0. The van der Waals surface area contributed by atoms with E-state index in [9.17, 15) is 8.42 Å². The molecule has 19 heavy (non-hydrogen) atoms. The molecule has 0 fully saturated rings. The zero-order chi connectivity index (χ0) is 14.0. The molecule has 3 nitrogen and oxygen atoms in total. The highest BCUT2D eigenvalue weighted by atomic mass is 32.2. The van der Waals surface area contributed by atoms with Gasteiger partial charge in [-0.3, -0.25) is 0 Å². The predicted molar refractivity (Wildman–Crippen MR) is 77.7 cm³/mol. The van der Waals surface area contributed by atoms with Gasteiger partial charge in [0, 0.05) is 0 Å². The first kappa shape index (κ1) is 13.6. The molecule has 0 spiro atoms. The molecule has 0 saturated carbocycles. The maximum Gasteiger partial charge on any atom is 0.184 e. The molecule has 2 aromatic rings. The average Bonchev–Trinajstić information content (AvgIpc) is 2.31. The largest absolute Gasteiger partial charge is 0.398 e. The van der Waals surface area contributed by atoms with Crippen LogP contribution in [0.25, 0.3) is 0 Å². The van der Waals surface area contributed by atoms with Crippen LogP contribution in [-0.2, 0) is 15.6 Å². The van der Waals surface area contributed by atoms with Crippen LogP contribution in [0.15, 0.2) is 47.4 Å². The Hall–Kier alpha value is -1.81. The van der Waals surface area contributed by atoms with Gasteiger partial charge in [-0.05, 0) is 42.7 Å². The maximum atomic E-state index is 12.4.